The fourth-order valence-electron chi connectivity index (χ4n) is 2.15. The molecular weight excluding hydrogens is 208 g/mol. The third-order valence-electron chi connectivity index (χ3n) is 3.10. The molecule has 2 heteroatoms. The lowest BCUT2D eigenvalue weighted by atomic mass is 10.1. The lowest BCUT2D eigenvalue weighted by Crippen LogP contribution is -1.90. The van der Waals surface area contributed by atoms with E-state index in [4.69, 9.17) is 16.7 Å². The van der Waals surface area contributed by atoms with Crippen molar-refractivity contribution in [2.45, 2.75) is 56.7 Å². The molecule has 1 saturated carbocycles. The second kappa shape index (κ2) is 8.18. The Bertz CT molecular complexity index is 179. The highest BCUT2D eigenvalue weighted by Crippen LogP contribution is 2.30. The fraction of sp³-hybridized carbons (Fsp3) is 0.846. The van der Waals surface area contributed by atoms with Gasteiger partial charge in [-0.3, -0.25) is 0 Å². The minimum atomic E-state index is 0.342. The molecule has 0 radical (unpaired) electrons. The van der Waals surface area contributed by atoms with Crippen molar-refractivity contribution in [3.63, 3.8) is 0 Å². The van der Waals surface area contributed by atoms with Crippen LogP contribution in [0.15, 0.2) is 12.2 Å². The van der Waals surface area contributed by atoms with Crippen molar-refractivity contribution in [3.8, 4) is 0 Å². The van der Waals surface area contributed by atoms with Gasteiger partial charge in [-0.2, -0.15) is 0 Å². The number of unbranched alkanes of at least 4 members (excludes halogenated alkanes) is 4. The average molecular weight is 231 g/mol. The van der Waals surface area contributed by atoms with Gasteiger partial charge >= 0.3 is 0 Å². The first-order chi connectivity index (χ1) is 7.33. The number of halogens is 1. The number of hydrogen-bond donors (Lipinski definition) is 1. The van der Waals surface area contributed by atoms with Crippen LogP contribution in [0.3, 0.4) is 0 Å². The van der Waals surface area contributed by atoms with Gasteiger partial charge in [0.1, 0.15) is 0 Å². The summed E-state index contributed by atoms with van der Waals surface area (Å²) in [4.78, 5) is 0. The maximum atomic E-state index is 8.61. The SMILES string of the molecule is OCCCCCC/C=C/[C@H]1CC[C@@H](Cl)C1. The fourth-order valence-corrected chi connectivity index (χ4v) is 2.50. The van der Waals surface area contributed by atoms with Crippen LogP contribution in [0, 0.1) is 5.92 Å². The van der Waals surface area contributed by atoms with Crippen LogP contribution in [0.25, 0.3) is 0 Å². The van der Waals surface area contributed by atoms with Gasteiger partial charge in [0.15, 0.2) is 0 Å². The second-order valence-corrected chi connectivity index (χ2v) is 5.14. The third kappa shape index (κ3) is 6.21. The monoisotopic (exact) mass is 230 g/mol. The van der Waals surface area contributed by atoms with E-state index in [9.17, 15) is 0 Å². The zero-order valence-corrected chi connectivity index (χ0v) is 10.3. The molecule has 15 heavy (non-hydrogen) atoms. The molecule has 0 aromatic rings. The van der Waals surface area contributed by atoms with Crippen LogP contribution in [0.4, 0.5) is 0 Å². The molecule has 1 N–H and O–H groups in total. The first-order valence-corrected chi connectivity index (χ1v) is 6.68. The van der Waals surface area contributed by atoms with E-state index in [-0.39, 0.29) is 0 Å². The van der Waals surface area contributed by atoms with Crippen LogP contribution in [0.1, 0.15) is 51.4 Å². The van der Waals surface area contributed by atoms with Crippen LogP contribution < -0.4 is 0 Å². The number of hydrogen-bond acceptors (Lipinski definition) is 1. The number of aliphatic hydroxyl groups is 1. The van der Waals surface area contributed by atoms with E-state index in [1.54, 1.807) is 0 Å². The number of allylic oxidation sites excluding steroid dienone is 2. The number of rotatable bonds is 7. The van der Waals surface area contributed by atoms with Crippen molar-refractivity contribution >= 4 is 11.6 Å². The van der Waals surface area contributed by atoms with Gasteiger partial charge in [-0.25, -0.2) is 0 Å². The summed E-state index contributed by atoms with van der Waals surface area (Å²) >= 11 is 6.05. The molecule has 0 aromatic carbocycles. The lowest BCUT2D eigenvalue weighted by molar-refractivity contribution is 0.282. The molecule has 1 nitrogen and oxygen atoms in total. The van der Waals surface area contributed by atoms with Gasteiger partial charge in [0, 0.05) is 12.0 Å². The zero-order chi connectivity index (χ0) is 10.9. The molecule has 0 heterocycles. The summed E-state index contributed by atoms with van der Waals surface area (Å²) < 4.78 is 0. The summed E-state index contributed by atoms with van der Waals surface area (Å²) in [5, 5.41) is 9.03. The molecule has 1 fully saturated rings. The Morgan fingerprint density at radius 1 is 1.13 bits per heavy atom. The van der Waals surface area contributed by atoms with Gasteiger partial charge in [0.05, 0.1) is 0 Å². The minimum absolute atomic E-state index is 0.342. The highest BCUT2D eigenvalue weighted by atomic mass is 35.5. The van der Waals surface area contributed by atoms with Gasteiger partial charge in [0.25, 0.3) is 0 Å². The van der Waals surface area contributed by atoms with Crippen LogP contribution in [-0.2, 0) is 0 Å². The van der Waals surface area contributed by atoms with Crippen LogP contribution in [-0.4, -0.2) is 17.1 Å². The topological polar surface area (TPSA) is 20.2 Å². The van der Waals surface area contributed by atoms with Crippen molar-refractivity contribution in [2.75, 3.05) is 6.61 Å². The summed E-state index contributed by atoms with van der Waals surface area (Å²) in [7, 11) is 0. The summed E-state index contributed by atoms with van der Waals surface area (Å²) in [5.74, 6) is 0.741. The Kier molecular flexibility index (Phi) is 7.12. The standard InChI is InChI=1S/C13H23ClO/c14-13-9-8-12(11-13)7-5-3-1-2-4-6-10-15/h5,7,12-13,15H,1-4,6,8-11H2/b7-5+/t12-,13+/m0/s1. The molecule has 1 rings (SSSR count). The minimum Gasteiger partial charge on any atom is -0.396 e. The Hall–Kier alpha value is -0.0100. The molecule has 0 unspecified atom stereocenters. The van der Waals surface area contributed by atoms with Gasteiger partial charge in [0.2, 0.25) is 0 Å². The molecule has 0 bridgehead atoms. The van der Waals surface area contributed by atoms with Gasteiger partial charge in [-0.05, 0) is 44.4 Å². The van der Waals surface area contributed by atoms with Gasteiger partial charge in [-0.15, -0.1) is 11.6 Å². The van der Waals surface area contributed by atoms with Crippen molar-refractivity contribution in [2.24, 2.45) is 5.92 Å². The van der Waals surface area contributed by atoms with Crippen LogP contribution >= 0.6 is 11.6 Å². The van der Waals surface area contributed by atoms with Crippen molar-refractivity contribution < 1.29 is 5.11 Å². The normalized spacial score (nSPS) is 26.5. The Labute approximate surface area is 98.5 Å². The maximum Gasteiger partial charge on any atom is 0.0431 e. The average Bonchev–Trinajstić information content (AvgIpc) is 2.63. The molecule has 0 aromatic heterocycles. The molecular formula is C13H23ClO. The third-order valence-corrected chi connectivity index (χ3v) is 3.49. The van der Waals surface area contributed by atoms with E-state index in [0.717, 1.165) is 18.8 Å². The van der Waals surface area contributed by atoms with Crippen molar-refractivity contribution in [1.82, 2.24) is 0 Å². The quantitative estimate of drug-likeness (QED) is 0.400. The molecule has 1 aliphatic rings. The van der Waals surface area contributed by atoms with Crippen molar-refractivity contribution in [1.29, 1.82) is 0 Å². The zero-order valence-electron chi connectivity index (χ0n) is 9.50. The number of alkyl halides is 1. The highest BCUT2D eigenvalue weighted by molar-refractivity contribution is 6.20. The van der Waals surface area contributed by atoms with Crippen LogP contribution in [0.5, 0.6) is 0 Å². The van der Waals surface area contributed by atoms with E-state index in [1.807, 2.05) is 0 Å². The number of aliphatic hydroxyl groups excluding tert-OH is 1. The molecule has 0 spiro atoms. The van der Waals surface area contributed by atoms with Crippen molar-refractivity contribution in [3.05, 3.63) is 12.2 Å². The molecule has 0 amide bonds. The maximum absolute atomic E-state index is 8.61. The molecule has 0 aliphatic heterocycles. The van der Waals surface area contributed by atoms with E-state index in [1.165, 1.54) is 38.5 Å². The molecule has 1 aliphatic carbocycles. The predicted molar refractivity (Wildman–Crippen MR) is 66.3 cm³/mol. The first-order valence-electron chi connectivity index (χ1n) is 6.24. The van der Waals surface area contributed by atoms with E-state index in [2.05, 4.69) is 12.2 Å². The smallest absolute Gasteiger partial charge is 0.0431 e. The Morgan fingerprint density at radius 3 is 2.60 bits per heavy atom. The summed E-state index contributed by atoms with van der Waals surface area (Å²) in [6, 6.07) is 0. The Balaban J connectivity index is 1.93. The van der Waals surface area contributed by atoms with Gasteiger partial charge < -0.3 is 5.11 Å². The summed E-state index contributed by atoms with van der Waals surface area (Å²) in [6.07, 6.45) is 14.1. The lowest BCUT2D eigenvalue weighted by Gasteiger charge is -2.01. The second-order valence-electron chi connectivity index (χ2n) is 4.53. The summed E-state index contributed by atoms with van der Waals surface area (Å²) in [5.41, 5.74) is 0. The van der Waals surface area contributed by atoms with E-state index < -0.39 is 0 Å². The molecule has 88 valence electrons. The van der Waals surface area contributed by atoms with Gasteiger partial charge in [-0.1, -0.05) is 25.0 Å². The largest absolute Gasteiger partial charge is 0.396 e. The predicted octanol–water partition coefficient (Wildman–Crippen LogP) is 3.89. The Morgan fingerprint density at radius 2 is 1.93 bits per heavy atom. The highest BCUT2D eigenvalue weighted by Gasteiger charge is 2.19. The summed E-state index contributed by atoms with van der Waals surface area (Å²) in [6.45, 7) is 0.342. The van der Waals surface area contributed by atoms with Crippen LogP contribution in [0.2, 0.25) is 0 Å². The molecule has 0 saturated heterocycles. The van der Waals surface area contributed by atoms with E-state index in [0.29, 0.717) is 12.0 Å². The molecule has 2 atom stereocenters. The van der Waals surface area contributed by atoms with E-state index >= 15 is 0 Å². The first kappa shape index (κ1) is 13.1.